The molecule has 1 aliphatic heterocycles. The maximum Gasteiger partial charge on any atom is 0.203 e. The maximum atomic E-state index is 11.9. The molecular formula is C17H24N4O2. The van der Waals surface area contributed by atoms with Gasteiger partial charge in [-0.05, 0) is 12.1 Å². The lowest BCUT2D eigenvalue weighted by atomic mass is 10.3. The lowest BCUT2D eigenvalue weighted by Crippen LogP contribution is -2.39. The predicted molar refractivity (Wildman–Crippen MR) is 88.3 cm³/mol. The summed E-state index contributed by atoms with van der Waals surface area (Å²) in [6.07, 6.45) is 0.500. The number of Topliss-reactive ketones (excluding diaryl/α,β-unsaturated/α-hetero) is 1. The largest absolute Gasteiger partial charge is 0.379 e. The number of imidazole rings is 1. The number of fused-ring (bicyclic) bond motifs is 1. The molecule has 6 nitrogen and oxygen atoms in total. The highest BCUT2D eigenvalue weighted by Gasteiger charge is 2.15. The van der Waals surface area contributed by atoms with Crippen molar-refractivity contribution in [3.05, 3.63) is 29.9 Å². The van der Waals surface area contributed by atoms with E-state index < -0.39 is 0 Å². The third kappa shape index (κ3) is 3.38. The van der Waals surface area contributed by atoms with Crippen LogP contribution < -0.4 is 5.62 Å². The number of aromatic nitrogens is 2. The summed E-state index contributed by atoms with van der Waals surface area (Å²) in [5.74, 6) is 0.152. The van der Waals surface area contributed by atoms with Crippen LogP contribution in [0.3, 0.4) is 0 Å². The number of para-hydroxylation sites is 2. The number of nitrogens with zero attached hydrogens (tertiary/aromatic N) is 3. The van der Waals surface area contributed by atoms with E-state index in [1.807, 2.05) is 40.3 Å². The molecule has 6 heteroatoms. The van der Waals surface area contributed by atoms with Crippen LogP contribution in [0.25, 0.3) is 11.0 Å². The molecule has 2 aromatic rings. The van der Waals surface area contributed by atoms with Crippen molar-refractivity contribution in [2.24, 2.45) is 0 Å². The molecule has 1 aromatic heterocycles. The van der Waals surface area contributed by atoms with Crippen LogP contribution in [0.1, 0.15) is 13.3 Å². The number of ketones is 1. The van der Waals surface area contributed by atoms with E-state index >= 15 is 0 Å². The third-order valence-electron chi connectivity index (χ3n) is 4.45. The van der Waals surface area contributed by atoms with Gasteiger partial charge >= 0.3 is 0 Å². The van der Waals surface area contributed by atoms with Crippen LogP contribution in [0.2, 0.25) is 0 Å². The van der Waals surface area contributed by atoms with Gasteiger partial charge < -0.3 is 13.9 Å². The number of benzene rings is 1. The number of rotatable bonds is 6. The van der Waals surface area contributed by atoms with E-state index in [4.69, 9.17) is 10.1 Å². The Labute approximate surface area is 135 Å². The van der Waals surface area contributed by atoms with Crippen LogP contribution in [0, 0.1) is 5.41 Å². The quantitative estimate of drug-likeness (QED) is 0.872. The van der Waals surface area contributed by atoms with Crippen molar-refractivity contribution >= 4 is 16.8 Å². The minimum Gasteiger partial charge on any atom is -0.379 e. The smallest absolute Gasteiger partial charge is 0.203 e. The summed E-state index contributed by atoms with van der Waals surface area (Å²) >= 11 is 0. The number of carbonyl (C=O) groups excluding carboxylic acids is 1. The molecule has 0 amide bonds. The zero-order valence-electron chi connectivity index (χ0n) is 13.6. The van der Waals surface area contributed by atoms with Crippen molar-refractivity contribution in [2.75, 3.05) is 32.8 Å². The molecular weight excluding hydrogens is 292 g/mol. The van der Waals surface area contributed by atoms with Gasteiger partial charge in [-0.3, -0.25) is 15.1 Å². The predicted octanol–water partition coefficient (Wildman–Crippen LogP) is 1.23. The van der Waals surface area contributed by atoms with Crippen LogP contribution in [-0.2, 0) is 22.6 Å². The Balaban J connectivity index is 1.88. The Morgan fingerprint density at radius 1 is 1.13 bits per heavy atom. The highest BCUT2D eigenvalue weighted by Crippen LogP contribution is 2.13. The van der Waals surface area contributed by atoms with Gasteiger partial charge in [0, 0.05) is 32.6 Å². The Morgan fingerprint density at radius 2 is 1.78 bits per heavy atom. The van der Waals surface area contributed by atoms with Crippen molar-refractivity contribution in [3.8, 4) is 0 Å². The molecule has 1 N–H and O–H groups in total. The number of nitrogens with one attached hydrogen (secondary N) is 1. The zero-order chi connectivity index (χ0) is 16.2. The molecule has 0 bridgehead atoms. The van der Waals surface area contributed by atoms with E-state index in [1.165, 1.54) is 0 Å². The highest BCUT2D eigenvalue weighted by molar-refractivity contribution is 5.81. The summed E-state index contributed by atoms with van der Waals surface area (Å²) in [7, 11) is 0. The van der Waals surface area contributed by atoms with Gasteiger partial charge in [0.15, 0.2) is 5.78 Å². The van der Waals surface area contributed by atoms with Gasteiger partial charge in [-0.1, -0.05) is 19.1 Å². The Kier molecular flexibility index (Phi) is 4.93. The van der Waals surface area contributed by atoms with Crippen molar-refractivity contribution in [2.45, 2.75) is 26.4 Å². The van der Waals surface area contributed by atoms with Crippen molar-refractivity contribution < 1.29 is 9.53 Å². The van der Waals surface area contributed by atoms with E-state index in [0.29, 0.717) is 12.0 Å². The molecule has 23 heavy (non-hydrogen) atoms. The Hall–Kier alpha value is -1.92. The van der Waals surface area contributed by atoms with Crippen LogP contribution in [0.15, 0.2) is 24.3 Å². The van der Waals surface area contributed by atoms with Gasteiger partial charge in [-0.2, -0.15) is 0 Å². The first-order valence-corrected chi connectivity index (χ1v) is 8.25. The number of hydrogen-bond donors (Lipinski definition) is 1. The SMILES string of the molecule is CCC(=O)Cn1c(=N)n(CCN2CCOCC2)c2ccccc21. The second-order valence-corrected chi connectivity index (χ2v) is 5.90. The fourth-order valence-corrected chi connectivity index (χ4v) is 3.04. The Morgan fingerprint density at radius 3 is 2.43 bits per heavy atom. The first-order valence-electron chi connectivity index (χ1n) is 8.25. The average molecular weight is 316 g/mol. The third-order valence-corrected chi connectivity index (χ3v) is 4.45. The maximum absolute atomic E-state index is 11.9. The summed E-state index contributed by atoms with van der Waals surface area (Å²) in [6, 6.07) is 7.96. The molecule has 1 fully saturated rings. The lowest BCUT2D eigenvalue weighted by molar-refractivity contribution is -0.119. The molecule has 0 spiro atoms. The molecule has 0 atom stereocenters. The molecule has 1 saturated heterocycles. The molecule has 1 aromatic carbocycles. The topological polar surface area (TPSA) is 63.2 Å². The van der Waals surface area contributed by atoms with E-state index in [2.05, 4.69) is 4.90 Å². The number of hydrogen-bond acceptors (Lipinski definition) is 4. The van der Waals surface area contributed by atoms with Crippen LogP contribution in [0.4, 0.5) is 0 Å². The Bertz CT molecular complexity index is 741. The summed E-state index contributed by atoms with van der Waals surface area (Å²) in [4.78, 5) is 14.2. The summed E-state index contributed by atoms with van der Waals surface area (Å²) in [5.41, 5.74) is 2.39. The monoisotopic (exact) mass is 316 g/mol. The molecule has 0 radical (unpaired) electrons. The standard InChI is InChI=1S/C17H24N4O2/c1-2-14(22)13-21-16-6-4-3-5-15(16)20(17(21)18)8-7-19-9-11-23-12-10-19/h3-6,18H,2,7-13H2,1H3. The second-order valence-electron chi connectivity index (χ2n) is 5.90. The number of ether oxygens (including phenoxy) is 1. The van der Waals surface area contributed by atoms with Gasteiger partial charge in [0.1, 0.15) is 0 Å². The summed E-state index contributed by atoms with van der Waals surface area (Å²) in [6.45, 7) is 7.25. The average Bonchev–Trinajstić information content (AvgIpc) is 2.86. The van der Waals surface area contributed by atoms with E-state index in [-0.39, 0.29) is 12.3 Å². The van der Waals surface area contributed by atoms with Crippen molar-refractivity contribution in [1.29, 1.82) is 5.41 Å². The molecule has 124 valence electrons. The molecule has 1 aliphatic rings. The molecule has 0 aliphatic carbocycles. The first kappa shape index (κ1) is 16.0. The van der Waals surface area contributed by atoms with Gasteiger partial charge in [0.05, 0.1) is 30.8 Å². The van der Waals surface area contributed by atoms with E-state index in [0.717, 1.165) is 50.4 Å². The molecule has 0 saturated carbocycles. The fourth-order valence-electron chi connectivity index (χ4n) is 3.04. The van der Waals surface area contributed by atoms with Gasteiger partial charge in [-0.15, -0.1) is 0 Å². The number of morpholine rings is 1. The van der Waals surface area contributed by atoms with Gasteiger partial charge in [-0.25, -0.2) is 0 Å². The lowest BCUT2D eigenvalue weighted by Gasteiger charge is -2.26. The first-order chi connectivity index (χ1) is 11.2. The van der Waals surface area contributed by atoms with Crippen molar-refractivity contribution in [1.82, 2.24) is 14.0 Å². The molecule has 3 rings (SSSR count). The van der Waals surface area contributed by atoms with E-state index in [1.54, 1.807) is 0 Å². The minimum absolute atomic E-state index is 0.152. The molecule has 2 heterocycles. The van der Waals surface area contributed by atoms with E-state index in [9.17, 15) is 4.79 Å². The normalized spacial score (nSPS) is 16.0. The van der Waals surface area contributed by atoms with Gasteiger partial charge in [0.2, 0.25) is 5.62 Å². The van der Waals surface area contributed by atoms with Crippen LogP contribution in [-0.4, -0.2) is 52.7 Å². The zero-order valence-corrected chi connectivity index (χ0v) is 13.6. The summed E-state index contributed by atoms with van der Waals surface area (Å²) in [5, 5.41) is 8.49. The van der Waals surface area contributed by atoms with Crippen molar-refractivity contribution in [3.63, 3.8) is 0 Å². The van der Waals surface area contributed by atoms with Gasteiger partial charge in [0.25, 0.3) is 0 Å². The molecule has 0 unspecified atom stereocenters. The van der Waals surface area contributed by atoms with Crippen LogP contribution >= 0.6 is 0 Å². The number of carbonyl (C=O) groups is 1. The minimum atomic E-state index is 0.152. The van der Waals surface area contributed by atoms with Crippen LogP contribution in [0.5, 0.6) is 0 Å². The fraction of sp³-hybridized carbons (Fsp3) is 0.529. The highest BCUT2D eigenvalue weighted by atomic mass is 16.5. The second kappa shape index (κ2) is 7.10. The summed E-state index contributed by atoms with van der Waals surface area (Å²) < 4.78 is 9.21.